The fourth-order valence-electron chi connectivity index (χ4n) is 1.96. The van der Waals surface area contributed by atoms with E-state index in [2.05, 4.69) is 20.8 Å². The Kier molecular flexibility index (Phi) is 2.58. The summed E-state index contributed by atoms with van der Waals surface area (Å²) in [6, 6.07) is 0. The Morgan fingerprint density at radius 3 is 2.36 bits per heavy atom. The van der Waals surface area contributed by atoms with Crippen molar-refractivity contribution in [2.24, 2.45) is 11.3 Å². The molecule has 0 bridgehead atoms. The van der Waals surface area contributed by atoms with Gasteiger partial charge in [0.25, 0.3) is 0 Å². The fourth-order valence-corrected chi connectivity index (χ4v) is 1.96. The van der Waals surface area contributed by atoms with Crippen molar-refractivity contribution in [1.29, 1.82) is 0 Å². The third-order valence-electron chi connectivity index (χ3n) is 3.42. The van der Waals surface area contributed by atoms with Crippen molar-refractivity contribution in [2.75, 3.05) is 0 Å². The molecule has 1 heteroatoms. The molecule has 1 aliphatic carbocycles. The monoisotopic (exact) mass is 156 g/mol. The molecule has 0 amide bonds. The van der Waals surface area contributed by atoms with Gasteiger partial charge in [0.15, 0.2) is 0 Å². The highest BCUT2D eigenvalue weighted by Gasteiger charge is 2.33. The third-order valence-corrected chi connectivity index (χ3v) is 3.42. The zero-order valence-corrected chi connectivity index (χ0v) is 7.93. The van der Waals surface area contributed by atoms with Crippen LogP contribution in [0.3, 0.4) is 0 Å². The molecule has 0 aromatic carbocycles. The normalized spacial score (nSPS) is 32.7. The van der Waals surface area contributed by atoms with Gasteiger partial charge in [0.1, 0.15) is 0 Å². The van der Waals surface area contributed by atoms with Crippen LogP contribution in [0.15, 0.2) is 0 Å². The van der Waals surface area contributed by atoms with E-state index in [1.807, 2.05) is 0 Å². The van der Waals surface area contributed by atoms with Crippen LogP contribution in [0.4, 0.5) is 0 Å². The number of rotatable bonds is 2. The summed E-state index contributed by atoms with van der Waals surface area (Å²) in [4.78, 5) is 0. The molecule has 0 saturated heterocycles. The Hall–Kier alpha value is -0.0400. The maximum Gasteiger partial charge on any atom is 0.0543 e. The van der Waals surface area contributed by atoms with E-state index in [4.69, 9.17) is 0 Å². The summed E-state index contributed by atoms with van der Waals surface area (Å²) in [5.41, 5.74) is 0.442. The summed E-state index contributed by atoms with van der Waals surface area (Å²) < 4.78 is 0. The topological polar surface area (TPSA) is 20.2 Å². The van der Waals surface area contributed by atoms with E-state index in [1.165, 1.54) is 12.8 Å². The van der Waals surface area contributed by atoms with E-state index in [0.29, 0.717) is 5.41 Å². The number of hydrogen-bond acceptors (Lipinski definition) is 1. The molecule has 0 heterocycles. The van der Waals surface area contributed by atoms with Crippen molar-refractivity contribution >= 4 is 0 Å². The van der Waals surface area contributed by atoms with Gasteiger partial charge in [0, 0.05) is 0 Å². The van der Waals surface area contributed by atoms with E-state index in [1.54, 1.807) is 0 Å². The smallest absolute Gasteiger partial charge is 0.0543 e. The van der Waals surface area contributed by atoms with E-state index < -0.39 is 0 Å². The minimum Gasteiger partial charge on any atom is -0.393 e. The lowest BCUT2D eigenvalue weighted by atomic mass is 9.76. The summed E-state index contributed by atoms with van der Waals surface area (Å²) in [5, 5.41) is 9.36. The van der Waals surface area contributed by atoms with Crippen molar-refractivity contribution in [3.05, 3.63) is 0 Å². The van der Waals surface area contributed by atoms with Gasteiger partial charge in [0.2, 0.25) is 0 Å². The second-order valence-corrected chi connectivity index (χ2v) is 4.51. The zero-order valence-electron chi connectivity index (χ0n) is 7.93. The minimum atomic E-state index is -0.00850. The van der Waals surface area contributed by atoms with Crippen LogP contribution >= 0.6 is 0 Å². The van der Waals surface area contributed by atoms with Gasteiger partial charge in [-0.2, -0.15) is 0 Å². The molecule has 2 atom stereocenters. The Labute approximate surface area is 69.8 Å². The van der Waals surface area contributed by atoms with Gasteiger partial charge in [-0.3, -0.25) is 0 Å². The molecule has 0 aliphatic heterocycles. The van der Waals surface area contributed by atoms with Gasteiger partial charge < -0.3 is 5.11 Å². The summed E-state index contributed by atoms with van der Waals surface area (Å²) in [6.07, 6.45) is 4.49. The summed E-state index contributed by atoms with van der Waals surface area (Å²) >= 11 is 0. The van der Waals surface area contributed by atoms with E-state index in [9.17, 15) is 5.11 Å². The Bertz CT molecular complexity index is 129. The second kappa shape index (κ2) is 3.14. The average molecular weight is 156 g/mol. The van der Waals surface area contributed by atoms with E-state index in [-0.39, 0.29) is 6.10 Å². The van der Waals surface area contributed by atoms with Crippen LogP contribution in [0.1, 0.15) is 46.5 Å². The maximum absolute atomic E-state index is 9.36. The second-order valence-electron chi connectivity index (χ2n) is 4.51. The first-order valence-corrected chi connectivity index (χ1v) is 4.74. The van der Waals surface area contributed by atoms with Gasteiger partial charge in [-0.15, -0.1) is 0 Å². The predicted molar refractivity (Wildman–Crippen MR) is 47.4 cm³/mol. The van der Waals surface area contributed by atoms with Gasteiger partial charge in [0.05, 0.1) is 6.10 Å². The predicted octanol–water partition coefficient (Wildman–Crippen LogP) is 2.58. The minimum absolute atomic E-state index is 0.00850. The molecule has 1 rings (SSSR count). The lowest BCUT2D eigenvalue weighted by molar-refractivity contribution is 0.148. The molecule has 66 valence electrons. The molecule has 1 fully saturated rings. The molecule has 11 heavy (non-hydrogen) atoms. The first-order chi connectivity index (χ1) is 5.06. The molecule has 0 radical (unpaired) electrons. The SMILES string of the molecule is CCC(C)(C)C1CCC(O)C1. The van der Waals surface area contributed by atoms with Gasteiger partial charge >= 0.3 is 0 Å². The highest BCUT2D eigenvalue weighted by Crippen LogP contribution is 2.41. The summed E-state index contributed by atoms with van der Waals surface area (Å²) in [5.74, 6) is 0.752. The molecule has 1 aliphatic rings. The Balaban J connectivity index is 2.48. The summed E-state index contributed by atoms with van der Waals surface area (Å²) in [7, 11) is 0. The number of aliphatic hydroxyl groups excluding tert-OH is 1. The molecule has 1 saturated carbocycles. The Morgan fingerprint density at radius 1 is 1.36 bits per heavy atom. The maximum atomic E-state index is 9.36. The van der Waals surface area contributed by atoms with Crippen molar-refractivity contribution in [1.82, 2.24) is 0 Å². The van der Waals surface area contributed by atoms with Gasteiger partial charge in [-0.25, -0.2) is 0 Å². The van der Waals surface area contributed by atoms with Crippen molar-refractivity contribution in [2.45, 2.75) is 52.6 Å². The molecule has 0 aromatic rings. The summed E-state index contributed by atoms with van der Waals surface area (Å²) in [6.45, 7) is 6.87. The molecule has 0 aromatic heterocycles. The molecule has 0 spiro atoms. The average Bonchev–Trinajstić information content (AvgIpc) is 2.36. The lowest BCUT2D eigenvalue weighted by Crippen LogP contribution is -2.21. The standard InChI is InChI=1S/C10H20O/c1-4-10(2,3)8-5-6-9(11)7-8/h8-9,11H,4-7H2,1-3H3. The zero-order chi connectivity index (χ0) is 8.48. The molecule has 1 nitrogen and oxygen atoms in total. The first kappa shape index (κ1) is 9.05. The van der Waals surface area contributed by atoms with Crippen LogP contribution in [0.2, 0.25) is 0 Å². The highest BCUT2D eigenvalue weighted by molar-refractivity contribution is 4.84. The molecular formula is C10H20O. The molecule has 1 N–H and O–H groups in total. The van der Waals surface area contributed by atoms with Crippen LogP contribution in [-0.4, -0.2) is 11.2 Å². The van der Waals surface area contributed by atoms with Crippen molar-refractivity contribution in [3.63, 3.8) is 0 Å². The number of aliphatic hydroxyl groups is 1. The van der Waals surface area contributed by atoms with E-state index in [0.717, 1.165) is 18.8 Å². The van der Waals surface area contributed by atoms with E-state index >= 15 is 0 Å². The molecule has 2 unspecified atom stereocenters. The fraction of sp³-hybridized carbons (Fsp3) is 1.00. The Morgan fingerprint density at radius 2 is 2.00 bits per heavy atom. The third kappa shape index (κ3) is 1.96. The van der Waals surface area contributed by atoms with Crippen LogP contribution in [0.5, 0.6) is 0 Å². The largest absolute Gasteiger partial charge is 0.393 e. The number of hydrogen-bond donors (Lipinski definition) is 1. The quantitative estimate of drug-likeness (QED) is 0.651. The van der Waals surface area contributed by atoms with Crippen LogP contribution < -0.4 is 0 Å². The molecular weight excluding hydrogens is 136 g/mol. The van der Waals surface area contributed by atoms with Crippen LogP contribution in [0, 0.1) is 11.3 Å². The highest BCUT2D eigenvalue weighted by atomic mass is 16.3. The van der Waals surface area contributed by atoms with Crippen molar-refractivity contribution in [3.8, 4) is 0 Å². The first-order valence-electron chi connectivity index (χ1n) is 4.74. The lowest BCUT2D eigenvalue weighted by Gasteiger charge is -2.30. The van der Waals surface area contributed by atoms with Crippen LogP contribution in [0.25, 0.3) is 0 Å². The van der Waals surface area contributed by atoms with Gasteiger partial charge in [-0.05, 0) is 30.6 Å². The van der Waals surface area contributed by atoms with Crippen LogP contribution in [-0.2, 0) is 0 Å². The van der Waals surface area contributed by atoms with Crippen molar-refractivity contribution < 1.29 is 5.11 Å². The van der Waals surface area contributed by atoms with Gasteiger partial charge in [-0.1, -0.05) is 27.2 Å².